The molecule has 0 bridgehead atoms. The highest BCUT2D eigenvalue weighted by Crippen LogP contribution is 2.27. The van der Waals surface area contributed by atoms with Crippen molar-refractivity contribution >= 4 is 17.6 Å². The first-order valence-electron chi connectivity index (χ1n) is 5.67. The normalized spacial score (nSPS) is 9.70. The molecular weight excluding hydrogens is 268 g/mol. The number of carbonyl (C=O) groups excluding carboxylic acids is 2. The Labute approximate surface area is 114 Å². The molecule has 0 aliphatic rings. The highest BCUT2D eigenvalue weighted by Gasteiger charge is 2.17. The highest BCUT2D eigenvalue weighted by molar-refractivity contribution is 5.95. The second-order valence-electron chi connectivity index (χ2n) is 3.73. The minimum Gasteiger partial charge on any atom is -0.490 e. The van der Waals surface area contributed by atoms with Crippen molar-refractivity contribution in [1.82, 2.24) is 5.32 Å². The fraction of sp³-hybridized carbons (Fsp3) is 0.333. The van der Waals surface area contributed by atoms with E-state index >= 15 is 0 Å². The van der Waals surface area contributed by atoms with E-state index in [4.69, 9.17) is 4.74 Å². The predicted molar refractivity (Wildman–Crippen MR) is 68.6 cm³/mol. The van der Waals surface area contributed by atoms with Crippen molar-refractivity contribution in [3.8, 4) is 5.75 Å². The molecule has 0 saturated carbocycles. The molecule has 8 heteroatoms. The van der Waals surface area contributed by atoms with Gasteiger partial charge in [-0.3, -0.25) is 19.7 Å². The van der Waals surface area contributed by atoms with E-state index in [2.05, 4.69) is 10.1 Å². The van der Waals surface area contributed by atoms with Crippen molar-refractivity contribution in [3.05, 3.63) is 33.9 Å². The van der Waals surface area contributed by atoms with Gasteiger partial charge in [0.25, 0.3) is 5.91 Å². The van der Waals surface area contributed by atoms with E-state index in [0.29, 0.717) is 0 Å². The third-order valence-corrected chi connectivity index (χ3v) is 2.48. The number of nitro groups is 1. The zero-order chi connectivity index (χ0) is 15.1. The molecule has 0 atom stereocenters. The molecule has 20 heavy (non-hydrogen) atoms. The van der Waals surface area contributed by atoms with Gasteiger partial charge in [0, 0.05) is 24.2 Å². The molecule has 0 heterocycles. The minimum absolute atomic E-state index is 0.00406. The van der Waals surface area contributed by atoms with Gasteiger partial charge in [-0.2, -0.15) is 0 Å². The average Bonchev–Trinajstić information content (AvgIpc) is 2.45. The highest BCUT2D eigenvalue weighted by atomic mass is 16.6. The number of carbonyl (C=O) groups is 2. The van der Waals surface area contributed by atoms with E-state index in [1.54, 1.807) is 0 Å². The molecule has 1 aromatic carbocycles. The van der Waals surface area contributed by atoms with Crippen LogP contribution in [0.3, 0.4) is 0 Å². The molecule has 1 amide bonds. The number of methoxy groups -OCH3 is 2. The Morgan fingerprint density at radius 2 is 2.05 bits per heavy atom. The molecule has 0 spiro atoms. The van der Waals surface area contributed by atoms with Gasteiger partial charge in [-0.1, -0.05) is 0 Å². The fourth-order valence-electron chi connectivity index (χ4n) is 1.45. The van der Waals surface area contributed by atoms with Gasteiger partial charge in [0.2, 0.25) is 0 Å². The summed E-state index contributed by atoms with van der Waals surface area (Å²) in [5, 5.41) is 13.2. The molecule has 8 nitrogen and oxygen atoms in total. The van der Waals surface area contributed by atoms with Crippen molar-refractivity contribution in [2.45, 2.75) is 6.42 Å². The van der Waals surface area contributed by atoms with Gasteiger partial charge in [-0.05, 0) is 6.07 Å². The smallest absolute Gasteiger partial charge is 0.310 e. The molecule has 0 saturated heterocycles. The van der Waals surface area contributed by atoms with Gasteiger partial charge in [-0.15, -0.1) is 0 Å². The van der Waals surface area contributed by atoms with E-state index < -0.39 is 16.8 Å². The molecular formula is C12H14N2O6. The number of rotatable bonds is 6. The van der Waals surface area contributed by atoms with Crippen LogP contribution in [0.1, 0.15) is 16.8 Å². The maximum atomic E-state index is 11.8. The summed E-state index contributed by atoms with van der Waals surface area (Å²) in [5.74, 6) is -0.899. The molecule has 0 aromatic heterocycles. The Kier molecular flexibility index (Phi) is 5.45. The van der Waals surface area contributed by atoms with Crippen LogP contribution in [0.15, 0.2) is 18.2 Å². The van der Waals surface area contributed by atoms with Crippen molar-refractivity contribution in [3.63, 3.8) is 0 Å². The van der Waals surface area contributed by atoms with Crippen LogP contribution < -0.4 is 10.1 Å². The second-order valence-corrected chi connectivity index (χ2v) is 3.73. The van der Waals surface area contributed by atoms with Crippen LogP contribution in [-0.4, -0.2) is 37.6 Å². The van der Waals surface area contributed by atoms with Gasteiger partial charge < -0.3 is 14.8 Å². The summed E-state index contributed by atoms with van der Waals surface area (Å²) in [6.45, 7) is 0.116. The summed E-state index contributed by atoms with van der Waals surface area (Å²) in [7, 11) is 2.53. The number of nitrogens with one attached hydrogen (secondary N) is 1. The number of benzene rings is 1. The summed E-state index contributed by atoms with van der Waals surface area (Å²) in [5.41, 5.74) is -0.0177. The van der Waals surface area contributed by atoms with Gasteiger partial charge in [0.1, 0.15) is 0 Å². The number of nitrogens with zero attached hydrogens (tertiary/aromatic N) is 1. The van der Waals surface area contributed by atoms with Crippen molar-refractivity contribution in [2.24, 2.45) is 0 Å². The van der Waals surface area contributed by atoms with E-state index in [-0.39, 0.29) is 30.0 Å². The molecule has 1 N–H and O–H groups in total. The largest absolute Gasteiger partial charge is 0.490 e. The lowest BCUT2D eigenvalue weighted by Gasteiger charge is -2.06. The van der Waals surface area contributed by atoms with Crippen LogP contribution in [0, 0.1) is 10.1 Å². The first-order chi connectivity index (χ1) is 9.49. The maximum Gasteiger partial charge on any atom is 0.310 e. The van der Waals surface area contributed by atoms with Crippen LogP contribution in [0.5, 0.6) is 5.75 Å². The third-order valence-electron chi connectivity index (χ3n) is 2.48. The van der Waals surface area contributed by atoms with Gasteiger partial charge in [0.15, 0.2) is 5.75 Å². The molecule has 108 valence electrons. The van der Waals surface area contributed by atoms with Gasteiger partial charge in [0.05, 0.1) is 25.6 Å². The van der Waals surface area contributed by atoms with Crippen LogP contribution >= 0.6 is 0 Å². The number of hydrogen-bond donors (Lipinski definition) is 1. The van der Waals surface area contributed by atoms with Crippen LogP contribution in [0.25, 0.3) is 0 Å². The van der Waals surface area contributed by atoms with Gasteiger partial charge in [-0.25, -0.2) is 0 Å². The molecule has 0 aliphatic heterocycles. The standard InChI is InChI=1S/C12H14N2O6/c1-19-10-7-8(3-4-9(10)14(17)18)12(16)13-6-5-11(15)20-2/h3-4,7H,5-6H2,1-2H3,(H,13,16). The topological polar surface area (TPSA) is 108 Å². The Morgan fingerprint density at radius 3 is 2.60 bits per heavy atom. The van der Waals surface area contributed by atoms with E-state index in [0.717, 1.165) is 0 Å². The summed E-state index contributed by atoms with van der Waals surface area (Å²) in [4.78, 5) is 32.8. The van der Waals surface area contributed by atoms with Crippen molar-refractivity contribution < 1.29 is 24.0 Å². The van der Waals surface area contributed by atoms with Crippen molar-refractivity contribution in [2.75, 3.05) is 20.8 Å². The minimum atomic E-state index is -0.599. The fourth-order valence-corrected chi connectivity index (χ4v) is 1.45. The van der Waals surface area contributed by atoms with Crippen LogP contribution in [-0.2, 0) is 9.53 Å². The number of amides is 1. The SMILES string of the molecule is COC(=O)CCNC(=O)c1ccc([N+](=O)[O-])c(OC)c1. The monoisotopic (exact) mass is 282 g/mol. The molecule has 0 unspecified atom stereocenters. The maximum absolute atomic E-state index is 11.8. The third kappa shape index (κ3) is 3.94. The number of ether oxygens (including phenoxy) is 2. The lowest BCUT2D eigenvalue weighted by molar-refractivity contribution is -0.385. The Balaban J connectivity index is 2.74. The predicted octanol–water partition coefficient (Wildman–Crippen LogP) is 0.896. The molecule has 0 aliphatic carbocycles. The van der Waals surface area contributed by atoms with Crippen LogP contribution in [0.4, 0.5) is 5.69 Å². The Bertz CT molecular complexity index is 529. The zero-order valence-corrected chi connectivity index (χ0v) is 11.0. The first kappa shape index (κ1) is 15.4. The Hall–Kier alpha value is -2.64. The van der Waals surface area contributed by atoms with E-state index in [1.165, 1.54) is 32.4 Å². The second kappa shape index (κ2) is 7.07. The van der Waals surface area contributed by atoms with E-state index in [9.17, 15) is 19.7 Å². The number of hydrogen-bond acceptors (Lipinski definition) is 6. The lowest BCUT2D eigenvalue weighted by Crippen LogP contribution is -2.26. The zero-order valence-electron chi connectivity index (χ0n) is 11.0. The average molecular weight is 282 g/mol. The first-order valence-corrected chi connectivity index (χ1v) is 5.67. The van der Waals surface area contributed by atoms with E-state index in [1.807, 2.05) is 0 Å². The summed E-state index contributed by atoms with van der Waals surface area (Å²) >= 11 is 0. The summed E-state index contributed by atoms with van der Waals surface area (Å²) in [6, 6.07) is 3.77. The summed E-state index contributed by atoms with van der Waals surface area (Å²) in [6.07, 6.45) is 0.0480. The number of esters is 1. The molecule has 1 aromatic rings. The number of nitro benzene ring substituents is 1. The lowest BCUT2D eigenvalue weighted by atomic mass is 10.1. The summed E-state index contributed by atoms with van der Waals surface area (Å²) < 4.78 is 9.29. The van der Waals surface area contributed by atoms with Crippen molar-refractivity contribution in [1.29, 1.82) is 0 Å². The molecule has 0 fully saturated rings. The Morgan fingerprint density at radius 1 is 1.35 bits per heavy atom. The molecule has 0 radical (unpaired) electrons. The molecule has 1 rings (SSSR count). The quantitative estimate of drug-likeness (QED) is 0.471. The van der Waals surface area contributed by atoms with Crippen LogP contribution in [0.2, 0.25) is 0 Å². The van der Waals surface area contributed by atoms with Gasteiger partial charge >= 0.3 is 11.7 Å².